The number of anilines is 2. The van der Waals surface area contributed by atoms with E-state index in [-0.39, 0.29) is 11.8 Å². The lowest BCUT2D eigenvalue weighted by Gasteiger charge is -2.08. The largest absolute Gasteiger partial charge is 0.322 e. The van der Waals surface area contributed by atoms with E-state index in [0.29, 0.717) is 28.3 Å². The van der Waals surface area contributed by atoms with Gasteiger partial charge in [-0.2, -0.15) is 10.2 Å². The van der Waals surface area contributed by atoms with Crippen LogP contribution in [0.4, 0.5) is 11.4 Å². The molecule has 2 N–H and O–H groups in total. The van der Waals surface area contributed by atoms with Gasteiger partial charge in [-0.05, 0) is 41.8 Å². The molecule has 2 amide bonds. The van der Waals surface area contributed by atoms with Crippen LogP contribution in [-0.2, 0) is 7.05 Å². The molecule has 0 aliphatic carbocycles. The van der Waals surface area contributed by atoms with Gasteiger partial charge in [0.1, 0.15) is 5.56 Å². The quantitative estimate of drug-likeness (QED) is 0.431. The van der Waals surface area contributed by atoms with Gasteiger partial charge in [0.2, 0.25) is 0 Å². The monoisotopic (exact) mass is 443 g/mol. The van der Waals surface area contributed by atoms with Crippen molar-refractivity contribution in [2.45, 2.75) is 0 Å². The Kier molecular flexibility index (Phi) is 4.96. The predicted molar refractivity (Wildman–Crippen MR) is 122 cm³/mol. The molecule has 4 heterocycles. The van der Waals surface area contributed by atoms with E-state index in [0.717, 1.165) is 10.6 Å². The molecule has 10 heteroatoms. The first-order chi connectivity index (χ1) is 15.6. The molecule has 0 unspecified atom stereocenters. The number of hydrogen-bond acceptors (Lipinski definition) is 6. The second-order valence-corrected chi connectivity index (χ2v) is 7.91. The van der Waals surface area contributed by atoms with Gasteiger partial charge in [-0.1, -0.05) is 12.1 Å². The van der Waals surface area contributed by atoms with Gasteiger partial charge in [0.05, 0.1) is 16.8 Å². The minimum Gasteiger partial charge on any atom is -0.322 e. The molecule has 1 aromatic carbocycles. The molecule has 0 saturated carbocycles. The van der Waals surface area contributed by atoms with E-state index in [1.54, 1.807) is 70.3 Å². The Hall–Kier alpha value is -4.31. The summed E-state index contributed by atoms with van der Waals surface area (Å²) in [5, 5.41) is 16.1. The van der Waals surface area contributed by atoms with Crippen LogP contribution < -0.4 is 10.6 Å². The molecule has 158 valence electrons. The van der Waals surface area contributed by atoms with Crippen LogP contribution in [0, 0.1) is 0 Å². The van der Waals surface area contributed by atoms with Gasteiger partial charge < -0.3 is 10.6 Å². The fourth-order valence-corrected chi connectivity index (χ4v) is 4.00. The number of aromatic nitrogens is 5. The Bertz CT molecular complexity index is 1440. The van der Waals surface area contributed by atoms with Crippen molar-refractivity contribution >= 4 is 40.2 Å². The number of aryl methyl sites for hydroxylation is 1. The highest BCUT2D eigenvalue weighted by molar-refractivity contribution is 7.13. The number of fused-ring (bicyclic) bond motifs is 1. The highest BCUT2D eigenvalue weighted by Crippen LogP contribution is 2.25. The van der Waals surface area contributed by atoms with Gasteiger partial charge in [-0.25, -0.2) is 9.50 Å². The van der Waals surface area contributed by atoms with E-state index in [1.165, 1.54) is 6.20 Å². The van der Waals surface area contributed by atoms with Gasteiger partial charge >= 0.3 is 0 Å². The zero-order valence-corrected chi connectivity index (χ0v) is 17.7. The molecule has 0 atom stereocenters. The fraction of sp³-hybridized carbons (Fsp3) is 0.0455. The molecule has 0 radical (unpaired) electrons. The van der Waals surface area contributed by atoms with Crippen molar-refractivity contribution in [3.8, 4) is 10.6 Å². The maximum atomic E-state index is 12.9. The fourth-order valence-electron chi connectivity index (χ4n) is 3.27. The summed E-state index contributed by atoms with van der Waals surface area (Å²) < 4.78 is 3.21. The van der Waals surface area contributed by atoms with Crippen molar-refractivity contribution < 1.29 is 9.59 Å². The number of carbonyl (C=O) groups excluding carboxylic acids is 2. The number of nitrogens with zero attached hydrogens (tertiary/aromatic N) is 5. The summed E-state index contributed by atoms with van der Waals surface area (Å²) in [6, 6.07) is 14.3. The van der Waals surface area contributed by atoms with E-state index in [1.807, 2.05) is 23.6 Å². The Morgan fingerprint density at radius 3 is 2.53 bits per heavy atom. The number of hydrogen-bond donors (Lipinski definition) is 2. The molecular weight excluding hydrogens is 426 g/mol. The molecule has 4 aromatic heterocycles. The van der Waals surface area contributed by atoms with Crippen LogP contribution in [0.3, 0.4) is 0 Å². The lowest BCUT2D eigenvalue weighted by atomic mass is 10.2. The number of carbonyl (C=O) groups is 2. The van der Waals surface area contributed by atoms with Gasteiger partial charge in [0, 0.05) is 30.8 Å². The molecule has 9 nitrogen and oxygen atoms in total. The second kappa shape index (κ2) is 8.08. The summed E-state index contributed by atoms with van der Waals surface area (Å²) in [5.74, 6) is -0.675. The molecule has 5 rings (SSSR count). The van der Waals surface area contributed by atoms with E-state index >= 15 is 0 Å². The third kappa shape index (κ3) is 3.74. The topological polar surface area (TPSA) is 106 Å². The Labute approximate surface area is 186 Å². The summed E-state index contributed by atoms with van der Waals surface area (Å²) >= 11 is 1.59. The molecule has 0 saturated heterocycles. The van der Waals surface area contributed by atoms with Crippen LogP contribution >= 0.6 is 11.3 Å². The van der Waals surface area contributed by atoms with Crippen LogP contribution in [0.15, 0.2) is 72.5 Å². The van der Waals surface area contributed by atoms with Gasteiger partial charge in [0.15, 0.2) is 11.3 Å². The Morgan fingerprint density at radius 2 is 1.81 bits per heavy atom. The zero-order valence-electron chi connectivity index (χ0n) is 16.9. The molecule has 0 fully saturated rings. The summed E-state index contributed by atoms with van der Waals surface area (Å²) in [6.07, 6.45) is 4.86. The third-order valence-corrected chi connectivity index (χ3v) is 5.64. The standard InChI is InChI=1S/C22H17N7O2S/c1-28-10-8-17(27-28)22(31)26-15-5-2-4-14(12-15)25-21(30)16-13-24-29-18(7-9-23-20(16)29)19-6-3-11-32-19/h2-13H,1H3,(H,25,30)(H,26,31). The maximum absolute atomic E-state index is 12.9. The first-order valence-corrected chi connectivity index (χ1v) is 10.6. The van der Waals surface area contributed by atoms with E-state index in [2.05, 4.69) is 25.8 Å². The van der Waals surface area contributed by atoms with E-state index < -0.39 is 0 Å². The highest BCUT2D eigenvalue weighted by atomic mass is 32.1. The van der Waals surface area contributed by atoms with E-state index in [4.69, 9.17) is 0 Å². The molecule has 0 bridgehead atoms. The van der Waals surface area contributed by atoms with Crippen molar-refractivity contribution in [2.75, 3.05) is 10.6 Å². The lowest BCUT2D eigenvalue weighted by Crippen LogP contribution is -2.14. The number of rotatable bonds is 5. The maximum Gasteiger partial charge on any atom is 0.276 e. The van der Waals surface area contributed by atoms with Crippen LogP contribution in [-0.4, -0.2) is 36.2 Å². The zero-order chi connectivity index (χ0) is 22.1. The Morgan fingerprint density at radius 1 is 1.00 bits per heavy atom. The third-order valence-electron chi connectivity index (χ3n) is 4.74. The highest BCUT2D eigenvalue weighted by Gasteiger charge is 2.17. The first kappa shape index (κ1) is 19.6. The van der Waals surface area contributed by atoms with Gasteiger partial charge in [-0.15, -0.1) is 11.3 Å². The lowest BCUT2D eigenvalue weighted by molar-refractivity contribution is 0.101. The minimum absolute atomic E-state index is 0.306. The predicted octanol–water partition coefficient (Wildman–Crippen LogP) is 3.70. The van der Waals surface area contributed by atoms with Crippen molar-refractivity contribution in [1.82, 2.24) is 24.4 Å². The molecule has 5 aromatic rings. The van der Waals surface area contributed by atoms with E-state index in [9.17, 15) is 9.59 Å². The molecule has 0 spiro atoms. The number of benzene rings is 1. The summed E-state index contributed by atoms with van der Waals surface area (Å²) in [4.78, 5) is 30.7. The van der Waals surface area contributed by atoms with Gasteiger partial charge in [-0.3, -0.25) is 14.3 Å². The van der Waals surface area contributed by atoms with Crippen molar-refractivity contribution in [3.05, 3.63) is 83.8 Å². The number of thiophene rings is 1. The SMILES string of the molecule is Cn1ccc(C(=O)Nc2cccc(NC(=O)c3cnn4c(-c5cccs5)ccnc34)c2)n1. The number of nitrogens with one attached hydrogen (secondary N) is 2. The summed E-state index contributed by atoms with van der Waals surface area (Å²) in [7, 11) is 1.74. The van der Waals surface area contributed by atoms with Crippen LogP contribution in [0.25, 0.3) is 16.2 Å². The molecular formula is C22H17N7O2S. The second-order valence-electron chi connectivity index (χ2n) is 6.96. The van der Waals surface area contributed by atoms with Gasteiger partial charge in [0.25, 0.3) is 11.8 Å². The van der Waals surface area contributed by atoms with Crippen LogP contribution in [0.1, 0.15) is 20.8 Å². The smallest absolute Gasteiger partial charge is 0.276 e. The molecule has 0 aliphatic heterocycles. The summed E-state index contributed by atoms with van der Waals surface area (Å²) in [6.45, 7) is 0. The normalized spacial score (nSPS) is 10.9. The number of amides is 2. The average Bonchev–Trinajstić information content (AvgIpc) is 3.54. The van der Waals surface area contributed by atoms with Crippen molar-refractivity contribution in [3.63, 3.8) is 0 Å². The van der Waals surface area contributed by atoms with Crippen molar-refractivity contribution in [2.24, 2.45) is 7.05 Å². The van der Waals surface area contributed by atoms with Crippen LogP contribution in [0.2, 0.25) is 0 Å². The minimum atomic E-state index is -0.343. The van der Waals surface area contributed by atoms with Crippen molar-refractivity contribution in [1.29, 1.82) is 0 Å². The summed E-state index contributed by atoms with van der Waals surface area (Å²) in [5.41, 5.74) is 3.06. The molecule has 0 aliphatic rings. The Balaban J connectivity index is 1.36. The first-order valence-electron chi connectivity index (χ1n) is 9.67. The van der Waals surface area contributed by atoms with Crippen LogP contribution in [0.5, 0.6) is 0 Å². The average molecular weight is 443 g/mol. The molecule has 32 heavy (non-hydrogen) atoms.